The summed E-state index contributed by atoms with van der Waals surface area (Å²) in [4.78, 5) is 8.92. The molecule has 5 heteroatoms. The minimum absolute atomic E-state index is 0.647. The van der Waals surface area contributed by atoms with Gasteiger partial charge in [0.1, 0.15) is 0 Å². The van der Waals surface area contributed by atoms with Gasteiger partial charge in [-0.3, -0.25) is 0 Å². The van der Waals surface area contributed by atoms with Gasteiger partial charge in [-0.05, 0) is 12.1 Å². The molecule has 0 amide bonds. The van der Waals surface area contributed by atoms with Gasteiger partial charge in [0.2, 0.25) is 11.7 Å². The van der Waals surface area contributed by atoms with Crippen LogP contribution in [0.3, 0.4) is 0 Å². The van der Waals surface area contributed by atoms with Gasteiger partial charge in [-0.25, -0.2) is 0 Å². The van der Waals surface area contributed by atoms with Crippen molar-refractivity contribution in [2.45, 2.75) is 6.42 Å². The third kappa shape index (κ3) is 3.15. The number of para-hydroxylation sites is 1. The Morgan fingerprint density at radius 2 is 1.67 bits per heavy atom. The second-order valence-corrected chi connectivity index (χ2v) is 5.69. The lowest BCUT2D eigenvalue weighted by Gasteiger charge is -2.20. The Hall–Kier alpha value is -3.08. The average Bonchev–Trinajstić information content (AvgIpc) is 3.31. The zero-order chi connectivity index (χ0) is 16.2. The summed E-state index contributed by atoms with van der Waals surface area (Å²) in [5.74, 6) is 1.31. The van der Waals surface area contributed by atoms with Crippen molar-refractivity contribution >= 4 is 5.69 Å². The van der Waals surface area contributed by atoms with Crippen molar-refractivity contribution in [2.75, 3.05) is 18.1 Å². The van der Waals surface area contributed by atoms with Crippen LogP contribution in [0.4, 0.5) is 5.69 Å². The predicted octanol–water partition coefficient (Wildman–Crippen LogP) is 3.53. The summed E-state index contributed by atoms with van der Waals surface area (Å²) in [6, 6.07) is 20.2. The summed E-state index contributed by atoms with van der Waals surface area (Å²) in [5, 5.41) is 4.06. The summed E-state index contributed by atoms with van der Waals surface area (Å²) in [6.07, 6.45) is 4.92. The van der Waals surface area contributed by atoms with Gasteiger partial charge in [0, 0.05) is 36.6 Å². The minimum Gasteiger partial charge on any atom is -0.358 e. The number of hydrogen-bond donors (Lipinski definition) is 0. The van der Waals surface area contributed by atoms with Gasteiger partial charge >= 0.3 is 0 Å². The molecule has 120 valence electrons. The largest absolute Gasteiger partial charge is 0.358 e. The summed E-state index contributed by atoms with van der Waals surface area (Å²) in [7, 11) is 0. The van der Waals surface area contributed by atoms with Gasteiger partial charge in [-0.2, -0.15) is 4.98 Å². The molecule has 1 aliphatic rings. The fraction of sp³-hybridized carbons (Fsp3) is 0.158. The highest BCUT2D eigenvalue weighted by atomic mass is 16.5. The average molecular weight is 318 g/mol. The monoisotopic (exact) mass is 318 g/mol. The minimum atomic E-state index is 0.647. The highest BCUT2D eigenvalue weighted by Crippen LogP contribution is 2.19. The first-order valence-corrected chi connectivity index (χ1v) is 8.00. The number of aromatic nitrogens is 2. The van der Waals surface area contributed by atoms with Crippen LogP contribution in [0.25, 0.3) is 11.4 Å². The lowest BCUT2D eigenvalue weighted by molar-refractivity contribution is 0.345. The van der Waals surface area contributed by atoms with Crippen molar-refractivity contribution < 1.29 is 4.52 Å². The quantitative estimate of drug-likeness (QED) is 0.720. The Bertz CT molecular complexity index is 814. The van der Waals surface area contributed by atoms with Crippen LogP contribution in [0, 0.1) is 0 Å². The van der Waals surface area contributed by atoms with Gasteiger partial charge in [0.05, 0.1) is 6.67 Å². The van der Waals surface area contributed by atoms with E-state index < -0.39 is 0 Å². The van der Waals surface area contributed by atoms with Gasteiger partial charge in [-0.1, -0.05) is 53.7 Å². The molecule has 0 atom stereocenters. The predicted molar refractivity (Wildman–Crippen MR) is 93.1 cm³/mol. The Kier molecular flexibility index (Phi) is 3.98. The van der Waals surface area contributed by atoms with E-state index in [-0.39, 0.29) is 0 Å². The molecule has 4 rings (SSSR count). The smallest absolute Gasteiger partial charge is 0.228 e. The molecular weight excluding hydrogens is 300 g/mol. The molecule has 3 aromatic rings. The molecular formula is C19H18N4O. The summed E-state index contributed by atoms with van der Waals surface area (Å²) >= 11 is 0. The van der Waals surface area contributed by atoms with Crippen LogP contribution in [0.5, 0.6) is 0 Å². The van der Waals surface area contributed by atoms with Gasteiger partial charge in [0.25, 0.3) is 0 Å². The molecule has 1 aromatic heterocycles. The molecule has 24 heavy (non-hydrogen) atoms. The molecule has 2 aromatic carbocycles. The van der Waals surface area contributed by atoms with Crippen LogP contribution in [-0.4, -0.2) is 28.3 Å². The first-order chi connectivity index (χ1) is 11.9. The van der Waals surface area contributed by atoms with E-state index in [0.717, 1.165) is 25.2 Å². The fourth-order valence-corrected chi connectivity index (χ4v) is 2.70. The standard InChI is InChI=1S/C19H18N4O/c1-3-7-16(8-4-1)19-20-18(24-21-19)11-12-22-13-14-23(15-22)17-9-5-2-6-10-17/h1-10,13-14H,11-12,15H2. The highest BCUT2D eigenvalue weighted by molar-refractivity contribution is 5.53. The molecule has 0 radical (unpaired) electrons. The number of benzene rings is 2. The molecule has 0 unspecified atom stereocenters. The maximum atomic E-state index is 5.36. The number of rotatable bonds is 5. The van der Waals surface area contributed by atoms with Crippen LogP contribution in [-0.2, 0) is 6.42 Å². The van der Waals surface area contributed by atoms with Crippen molar-refractivity contribution in [3.63, 3.8) is 0 Å². The molecule has 0 N–H and O–H groups in total. The third-order valence-corrected chi connectivity index (χ3v) is 3.99. The van der Waals surface area contributed by atoms with E-state index in [0.29, 0.717) is 11.7 Å². The lowest BCUT2D eigenvalue weighted by Crippen LogP contribution is -2.26. The molecule has 2 heterocycles. The topological polar surface area (TPSA) is 45.4 Å². The second kappa shape index (κ2) is 6.58. The Labute approximate surface area is 140 Å². The van der Waals surface area contributed by atoms with Gasteiger partial charge < -0.3 is 14.3 Å². The first-order valence-electron chi connectivity index (χ1n) is 8.00. The Balaban J connectivity index is 1.34. The van der Waals surface area contributed by atoms with E-state index >= 15 is 0 Å². The first kappa shape index (κ1) is 14.5. The molecule has 0 bridgehead atoms. The molecule has 0 aliphatic carbocycles. The molecule has 0 fully saturated rings. The van der Waals surface area contributed by atoms with Crippen molar-refractivity contribution in [3.05, 3.63) is 79.0 Å². The summed E-state index contributed by atoms with van der Waals surface area (Å²) < 4.78 is 5.36. The number of anilines is 1. The zero-order valence-electron chi connectivity index (χ0n) is 13.2. The molecule has 0 spiro atoms. The van der Waals surface area contributed by atoms with E-state index in [9.17, 15) is 0 Å². The maximum absolute atomic E-state index is 5.36. The Morgan fingerprint density at radius 3 is 2.46 bits per heavy atom. The van der Waals surface area contributed by atoms with E-state index in [1.807, 2.05) is 36.4 Å². The number of hydrogen-bond acceptors (Lipinski definition) is 5. The third-order valence-electron chi connectivity index (χ3n) is 3.99. The van der Waals surface area contributed by atoms with Crippen LogP contribution >= 0.6 is 0 Å². The summed E-state index contributed by atoms with van der Waals surface area (Å²) in [6.45, 7) is 1.68. The van der Waals surface area contributed by atoms with E-state index in [4.69, 9.17) is 4.52 Å². The van der Waals surface area contributed by atoms with Crippen LogP contribution in [0.1, 0.15) is 5.89 Å². The van der Waals surface area contributed by atoms with E-state index in [2.05, 4.69) is 56.6 Å². The van der Waals surface area contributed by atoms with Crippen molar-refractivity contribution in [3.8, 4) is 11.4 Å². The summed E-state index contributed by atoms with van der Waals surface area (Å²) in [5.41, 5.74) is 2.17. The normalized spacial score (nSPS) is 13.7. The van der Waals surface area contributed by atoms with Crippen LogP contribution < -0.4 is 4.90 Å². The molecule has 0 saturated heterocycles. The van der Waals surface area contributed by atoms with Crippen molar-refractivity contribution in [1.29, 1.82) is 0 Å². The molecule has 0 saturated carbocycles. The maximum Gasteiger partial charge on any atom is 0.228 e. The van der Waals surface area contributed by atoms with Gasteiger partial charge in [-0.15, -0.1) is 0 Å². The van der Waals surface area contributed by atoms with E-state index in [1.165, 1.54) is 5.69 Å². The van der Waals surface area contributed by atoms with Crippen LogP contribution in [0.15, 0.2) is 77.6 Å². The highest BCUT2D eigenvalue weighted by Gasteiger charge is 2.15. The zero-order valence-corrected chi connectivity index (χ0v) is 13.2. The lowest BCUT2D eigenvalue weighted by atomic mass is 10.2. The second-order valence-electron chi connectivity index (χ2n) is 5.69. The number of nitrogens with zero attached hydrogens (tertiary/aromatic N) is 4. The van der Waals surface area contributed by atoms with Crippen molar-refractivity contribution in [2.24, 2.45) is 0 Å². The van der Waals surface area contributed by atoms with Gasteiger partial charge in [0.15, 0.2) is 0 Å². The van der Waals surface area contributed by atoms with Crippen LogP contribution in [0.2, 0.25) is 0 Å². The molecule has 5 nitrogen and oxygen atoms in total. The SMILES string of the molecule is C1=CN(c2ccccc2)CN1CCc1nc(-c2ccccc2)no1. The van der Waals surface area contributed by atoms with E-state index in [1.54, 1.807) is 0 Å². The fourth-order valence-electron chi connectivity index (χ4n) is 2.70. The molecule has 1 aliphatic heterocycles. The Morgan fingerprint density at radius 1 is 0.917 bits per heavy atom. The van der Waals surface area contributed by atoms with Crippen molar-refractivity contribution in [1.82, 2.24) is 15.0 Å².